The average Bonchev–Trinajstić information content (AvgIpc) is 3.10. The maximum atomic E-state index is 11.8. The number of likely N-dealkylation sites (N-methyl/N-ethyl adjacent to an activating group) is 1. The molecule has 1 aromatic rings. The van der Waals surface area contributed by atoms with Crippen molar-refractivity contribution in [2.75, 3.05) is 13.6 Å². The summed E-state index contributed by atoms with van der Waals surface area (Å²) in [7, 11) is 1.71. The van der Waals surface area contributed by atoms with Gasteiger partial charge in [-0.3, -0.25) is 0 Å². The van der Waals surface area contributed by atoms with Crippen molar-refractivity contribution in [1.82, 2.24) is 10.2 Å². The summed E-state index contributed by atoms with van der Waals surface area (Å²) in [5, 5.41) is 12.6. The summed E-state index contributed by atoms with van der Waals surface area (Å²) in [6, 6.07) is 3.81. The zero-order valence-electron chi connectivity index (χ0n) is 10.2. The topological polar surface area (TPSA) is 52.6 Å². The van der Waals surface area contributed by atoms with Crippen molar-refractivity contribution in [1.29, 1.82) is 0 Å². The van der Waals surface area contributed by atoms with Crippen LogP contribution in [0, 0.1) is 5.92 Å². The average molecular weight is 333 g/mol. The van der Waals surface area contributed by atoms with Crippen LogP contribution in [0.4, 0.5) is 4.79 Å². The molecule has 0 bridgehead atoms. The first-order valence-electron chi connectivity index (χ1n) is 5.97. The second kappa shape index (κ2) is 6.04. The number of carbonyl (C=O) groups excluding carboxylic acids is 1. The molecule has 100 valence electrons. The van der Waals surface area contributed by atoms with E-state index in [0.29, 0.717) is 19.0 Å². The number of aliphatic hydroxyl groups is 1. The van der Waals surface area contributed by atoms with Crippen LogP contribution in [0.2, 0.25) is 0 Å². The van der Waals surface area contributed by atoms with Crippen LogP contribution in [0.3, 0.4) is 0 Å². The molecule has 1 heterocycles. The Labute approximate surface area is 119 Å². The van der Waals surface area contributed by atoms with Crippen LogP contribution < -0.4 is 5.32 Å². The van der Waals surface area contributed by atoms with Gasteiger partial charge in [0.15, 0.2) is 0 Å². The summed E-state index contributed by atoms with van der Waals surface area (Å²) in [6.45, 7) is 0.934. The van der Waals surface area contributed by atoms with Crippen molar-refractivity contribution in [2.24, 2.45) is 5.92 Å². The van der Waals surface area contributed by atoms with Crippen molar-refractivity contribution in [3.63, 3.8) is 0 Å². The van der Waals surface area contributed by atoms with Crippen LogP contribution in [0.25, 0.3) is 0 Å². The number of hydrogen-bond donors (Lipinski definition) is 2. The van der Waals surface area contributed by atoms with Crippen molar-refractivity contribution in [3.8, 4) is 0 Å². The highest BCUT2D eigenvalue weighted by Gasteiger charge is 2.31. The predicted molar refractivity (Wildman–Crippen MR) is 75.6 cm³/mol. The number of rotatable bonds is 5. The van der Waals surface area contributed by atoms with Gasteiger partial charge in [0.2, 0.25) is 0 Å². The van der Waals surface area contributed by atoms with Gasteiger partial charge in [0.05, 0.1) is 16.4 Å². The molecule has 6 heteroatoms. The van der Waals surface area contributed by atoms with E-state index >= 15 is 0 Å². The van der Waals surface area contributed by atoms with E-state index in [-0.39, 0.29) is 12.1 Å². The number of nitrogens with zero attached hydrogens (tertiary/aromatic N) is 1. The Morgan fingerprint density at radius 3 is 2.94 bits per heavy atom. The fourth-order valence-electron chi connectivity index (χ4n) is 1.74. The minimum absolute atomic E-state index is 0.140. The summed E-state index contributed by atoms with van der Waals surface area (Å²) >= 11 is 4.99. The number of halogens is 1. The number of hydrogen-bond acceptors (Lipinski definition) is 3. The van der Waals surface area contributed by atoms with Gasteiger partial charge in [-0.15, -0.1) is 11.3 Å². The fourth-order valence-corrected chi connectivity index (χ4v) is 3.16. The molecular formula is C12H17BrN2O2S. The van der Waals surface area contributed by atoms with E-state index in [4.69, 9.17) is 0 Å². The summed E-state index contributed by atoms with van der Waals surface area (Å²) in [5.41, 5.74) is 0. The lowest BCUT2D eigenvalue weighted by Gasteiger charge is -2.21. The Bertz CT molecular complexity index is 420. The predicted octanol–water partition coefficient (Wildman–Crippen LogP) is 2.42. The van der Waals surface area contributed by atoms with Gasteiger partial charge in [-0.1, -0.05) is 0 Å². The Balaban J connectivity index is 1.73. The maximum Gasteiger partial charge on any atom is 0.317 e. The van der Waals surface area contributed by atoms with E-state index in [9.17, 15) is 9.90 Å². The van der Waals surface area contributed by atoms with Crippen LogP contribution >= 0.6 is 27.3 Å². The molecule has 1 aliphatic rings. The molecule has 2 amide bonds. The minimum atomic E-state index is -0.378. The maximum absolute atomic E-state index is 11.8. The molecule has 0 radical (unpaired) electrons. The third kappa shape index (κ3) is 3.96. The standard InChI is InChI=1S/C12H17BrN2O2S/c1-15(7-10(16)8-2-3-8)12(17)14-6-9-4-5-11(13)18-9/h4-5,8,10,16H,2-3,6-7H2,1H3,(H,14,17). The molecule has 1 fully saturated rings. The third-order valence-electron chi connectivity index (χ3n) is 3.02. The molecule has 0 saturated heterocycles. The Kier molecular flexibility index (Phi) is 4.64. The molecule has 0 aliphatic heterocycles. The van der Waals surface area contributed by atoms with Crippen LogP contribution in [0.5, 0.6) is 0 Å². The van der Waals surface area contributed by atoms with Gasteiger partial charge in [-0.25, -0.2) is 4.79 Å². The summed E-state index contributed by atoms with van der Waals surface area (Å²) in [5.74, 6) is 0.397. The van der Waals surface area contributed by atoms with Crippen molar-refractivity contribution >= 4 is 33.3 Å². The first-order valence-corrected chi connectivity index (χ1v) is 7.58. The molecule has 1 atom stereocenters. The zero-order valence-corrected chi connectivity index (χ0v) is 12.6. The molecule has 1 aromatic heterocycles. The minimum Gasteiger partial charge on any atom is -0.391 e. The summed E-state index contributed by atoms with van der Waals surface area (Å²) < 4.78 is 1.06. The molecule has 1 aliphatic carbocycles. The lowest BCUT2D eigenvalue weighted by Crippen LogP contribution is -2.41. The SMILES string of the molecule is CN(CC(O)C1CC1)C(=O)NCc1ccc(Br)s1. The van der Waals surface area contributed by atoms with E-state index in [1.54, 1.807) is 23.3 Å². The molecule has 1 unspecified atom stereocenters. The highest BCUT2D eigenvalue weighted by molar-refractivity contribution is 9.11. The lowest BCUT2D eigenvalue weighted by atomic mass is 10.2. The van der Waals surface area contributed by atoms with Gasteiger partial charge < -0.3 is 15.3 Å². The molecule has 18 heavy (non-hydrogen) atoms. The monoisotopic (exact) mass is 332 g/mol. The number of amides is 2. The molecule has 1 saturated carbocycles. The third-order valence-corrected chi connectivity index (χ3v) is 4.64. The molecule has 2 rings (SSSR count). The van der Waals surface area contributed by atoms with Gasteiger partial charge >= 0.3 is 6.03 Å². The normalized spacial score (nSPS) is 16.4. The lowest BCUT2D eigenvalue weighted by molar-refractivity contribution is 0.113. The van der Waals surface area contributed by atoms with Gasteiger partial charge in [0, 0.05) is 18.5 Å². The van der Waals surface area contributed by atoms with E-state index in [1.807, 2.05) is 12.1 Å². The van der Waals surface area contributed by atoms with Gasteiger partial charge in [-0.05, 0) is 46.8 Å². The fraction of sp³-hybridized carbons (Fsp3) is 0.583. The second-order valence-corrected chi connectivity index (χ2v) is 7.20. The van der Waals surface area contributed by atoms with Crippen LogP contribution in [0.15, 0.2) is 15.9 Å². The number of urea groups is 1. The molecule has 4 nitrogen and oxygen atoms in total. The Morgan fingerprint density at radius 1 is 1.67 bits per heavy atom. The Hall–Kier alpha value is -0.590. The largest absolute Gasteiger partial charge is 0.391 e. The van der Waals surface area contributed by atoms with Crippen LogP contribution in [0.1, 0.15) is 17.7 Å². The molecule has 2 N–H and O–H groups in total. The van der Waals surface area contributed by atoms with Gasteiger partial charge in [0.1, 0.15) is 0 Å². The number of nitrogens with one attached hydrogen (secondary N) is 1. The number of thiophene rings is 1. The van der Waals surface area contributed by atoms with Gasteiger partial charge in [-0.2, -0.15) is 0 Å². The van der Waals surface area contributed by atoms with Crippen molar-refractivity contribution in [2.45, 2.75) is 25.5 Å². The van der Waals surface area contributed by atoms with Gasteiger partial charge in [0.25, 0.3) is 0 Å². The summed E-state index contributed by atoms with van der Waals surface area (Å²) in [4.78, 5) is 14.4. The molecular weight excluding hydrogens is 316 g/mol. The highest BCUT2D eigenvalue weighted by Crippen LogP contribution is 2.32. The smallest absolute Gasteiger partial charge is 0.317 e. The van der Waals surface area contributed by atoms with Crippen molar-refractivity contribution < 1.29 is 9.90 Å². The van der Waals surface area contributed by atoms with E-state index in [0.717, 1.165) is 21.5 Å². The first kappa shape index (κ1) is 13.8. The first-order chi connectivity index (χ1) is 8.56. The van der Waals surface area contributed by atoms with E-state index in [1.165, 1.54) is 0 Å². The van der Waals surface area contributed by atoms with E-state index in [2.05, 4.69) is 21.2 Å². The highest BCUT2D eigenvalue weighted by atomic mass is 79.9. The van der Waals surface area contributed by atoms with Crippen LogP contribution in [-0.2, 0) is 6.54 Å². The number of aliphatic hydroxyl groups excluding tert-OH is 1. The van der Waals surface area contributed by atoms with Crippen LogP contribution in [-0.4, -0.2) is 35.7 Å². The molecule has 0 spiro atoms. The second-order valence-electron chi connectivity index (χ2n) is 4.65. The summed E-state index contributed by atoms with van der Waals surface area (Å²) in [6.07, 6.45) is 1.79. The van der Waals surface area contributed by atoms with Crippen molar-refractivity contribution in [3.05, 3.63) is 20.8 Å². The van der Waals surface area contributed by atoms with E-state index < -0.39 is 0 Å². The zero-order chi connectivity index (χ0) is 13.1. The molecule has 0 aromatic carbocycles. The Morgan fingerprint density at radius 2 is 2.39 bits per heavy atom. The quantitative estimate of drug-likeness (QED) is 0.870. The number of carbonyl (C=O) groups is 1.